The molecular formula is C15H20ClN3O4. The Morgan fingerprint density at radius 1 is 1.48 bits per heavy atom. The van der Waals surface area contributed by atoms with Crippen LogP contribution >= 0.6 is 11.6 Å². The van der Waals surface area contributed by atoms with Crippen LogP contribution in [-0.4, -0.2) is 51.3 Å². The van der Waals surface area contributed by atoms with Crippen molar-refractivity contribution in [2.45, 2.75) is 12.5 Å². The highest BCUT2D eigenvalue weighted by Gasteiger charge is 2.21. The summed E-state index contributed by atoms with van der Waals surface area (Å²) in [6.45, 7) is 1.96. The molecule has 1 fully saturated rings. The average molecular weight is 342 g/mol. The molecule has 0 aromatic heterocycles. The number of anilines is 1. The van der Waals surface area contributed by atoms with Gasteiger partial charge in [0.2, 0.25) is 11.8 Å². The summed E-state index contributed by atoms with van der Waals surface area (Å²) in [6.07, 6.45) is -0.360. The molecule has 1 atom stereocenters. The van der Waals surface area contributed by atoms with Crippen LogP contribution in [0, 0.1) is 0 Å². The molecule has 2 amide bonds. The average Bonchev–Trinajstić information content (AvgIpc) is 2.56. The van der Waals surface area contributed by atoms with Gasteiger partial charge >= 0.3 is 0 Å². The fourth-order valence-corrected chi connectivity index (χ4v) is 2.31. The molecule has 23 heavy (non-hydrogen) atoms. The number of carbonyl (C=O) groups is 2. The molecule has 1 unspecified atom stereocenters. The van der Waals surface area contributed by atoms with Crippen LogP contribution in [0.25, 0.3) is 0 Å². The molecule has 126 valence electrons. The standard InChI is InChI=1S/C15H20ClN3O4/c1-22-12-3-2-10(16)8-11(12)19-14(20)4-5-18-15(21)13-9-17-6-7-23-13/h2-3,8,13,17H,4-7,9H2,1H3,(H,18,21)(H,19,20). The number of nitrogens with one attached hydrogen (secondary N) is 3. The number of amides is 2. The van der Waals surface area contributed by atoms with Crippen molar-refractivity contribution < 1.29 is 19.1 Å². The van der Waals surface area contributed by atoms with Crippen LogP contribution in [0.1, 0.15) is 6.42 Å². The first-order valence-corrected chi connectivity index (χ1v) is 7.71. The molecule has 0 saturated carbocycles. The van der Waals surface area contributed by atoms with Crippen molar-refractivity contribution in [1.82, 2.24) is 10.6 Å². The van der Waals surface area contributed by atoms with Gasteiger partial charge in [-0.1, -0.05) is 11.6 Å². The Morgan fingerprint density at radius 2 is 2.30 bits per heavy atom. The highest BCUT2D eigenvalue weighted by molar-refractivity contribution is 6.31. The van der Waals surface area contributed by atoms with Gasteiger partial charge in [0, 0.05) is 31.1 Å². The van der Waals surface area contributed by atoms with Crippen LogP contribution in [0.5, 0.6) is 5.75 Å². The molecule has 0 radical (unpaired) electrons. The zero-order valence-electron chi connectivity index (χ0n) is 12.9. The normalized spacial score (nSPS) is 17.4. The molecule has 3 N–H and O–H groups in total. The Hall–Kier alpha value is -1.83. The largest absolute Gasteiger partial charge is 0.495 e. The summed E-state index contributed by atoms with van der Waals surface area (Å²) in [7, 11) is 1.51. The molecule has 1 heterocycles. The van der Waals surface area contributed by atoms with E-state index in [4.69, 9.17) is 21.1 Å². The second-order valence-corrected chi connectivity index (χ2v) is 5.43. The lowest BCUT2D eigenvalue weighted by atomic mass is 10.2. The third-order valence-corrected chi connectivity index (χ3v) is 3.54. The minimum Gasteiger partial charge on any atom is -0.495 e. The maximum absolute atomic E-state index is 11.9. The number of halogens is 1. The lowest BCUT2D eigenvalue weighted by Gasteiger charge is -2.22. The van der Waals surface area contributed by atoms with Gasteiger partial charge in [-0.3, -0.25) is 9.59 Å². The smallest absolute Gasteiger partial charge is 0.250 e. The molecule has 1 aromatic rings. The lowest BCUT2D eigenvalue weighted by molar-refractivity contribution is -0.134. The van der Waals surface area contributed by atoms with E-state index in [1.807, 2.05) is 0 Å². The molecule has 1 aromatic carbocycles. The van der Waals surface area contributed by atoms with Gasteiger partial charge < -0.3 is 25.4 Å². The summed E-state index contributed by atoms with van der Waals surface area (Å²) in [5, 5.41) is 8.97. The Morgan fingerprint density at radius 3 is 3.00 bits per heavy atom. The number of hydrogen-bond acceptors (Lipinski definition) is 5. The number of ether oxygens (including phenoxy) is 2. The third-order valence-electron chi connectivity index (χ3n) is 3.31. The van der Waals surface area contributed by atoms with Crippen LogP contribution in [-0.2, 0) is 14.3 Å². The van der Waals surface area contributed by atoms with Crippen molar-refractivity contribution in [3.8, 4) is 5.75 Å². The molecule has 1 saturated heterocycles. The maximum Gasteiger partial charge on any atom is 0.250 e. The Labute approximate surface area is 139 Å². The van der Waals surface area contributed by atoms with E-state index in [1.165, 1.54) is 7.11 Å². The van der Waals surface area contributed by atoms with Gasteiger partial charge in [0.1, 0.15) is 11.9 Å². The Kier molecular flexibility index (Phi) is 6.64. The number of benzene rings is 1. The highest BCUT2D eigenvalue weighted by Crippen LogP contribution is 2.27. The van der Waals surface area contributed by atoms with Crippen molar-refractivity contribution >= 4 is 29.1 Å². The van der Waals surface area contributed by atoms with Crippen LogP contribution in [0.2, 0.25) is 5.02 Å². The number of rotatable bonds is 6. The van der Waals surface area contributed by atoms with Gasteiger partial charge in [-0.25, -0.2) is 0 Å². The highest BCUT2D eigenvalue weighted by atomic mass is 35.5. The summed E-state index contributed by atoms with van der Waals surface area (Å²) < 4.78 is 10.5. The molecule has 7 nitrogen and oxygen atoms in total. The molecule has 8 heteroatoms. The first-order chi connectivity index (χ1) is 11.1. The molecule has 0 spiro atoms. The quantitative estimate of drug-likeness (QED) is 0.711. The van der Waals surface area contributed by atoms with Crippen LogP contribution < -0.4 is 20.7 Å². The molecule has 0 aliphatic carbocycles. The van der Waals surface area contributed by atoms with Gasteiger partial charge in [-0.2, -0.15) is 0 Å². The summed E-state index contributed by atoms with van der Waals surface area (Å²) >= 11 is 5.91. The topological polar surface area (TPSA) is 88.7 Å². The molecule has 0 bridgehead atoms. The van der Waals surface area contributed by atoms with E-state index >= 15 is 0 Å². The summed E-state index contributed by atoms with van der Waals surface area (Å²) in [4.78, 5) is 23.8. The zero-order valence-corrected chi connectivity index (χ0v) is 13.6. The van der Waals surface area contributed by atoms with Gasteiger partial charge in [0.05, 0.1) is 19.4 Å². The summed E-state index contributed by atoms with van der Waals surface area (Å²) in [6, 6.07) is 4.96. The first kappa shape index (κ1) is 17.5. The Balaban J connectivity index is 1.77. The van der Waals surface area contributed by atoms with E-state index in [1.54, 1.807) is 18.2 Å². The molecule has 1 aliphatic rings. The molecule has 1 aliphatic heterocycles. The second kappa shape index (κ2) is 8.71. The SMILES string of the molecule is COc1ccc(Cl)cc1NC(=O)CCNC(=O)C1CNCCO1. The first-order valence-electron chi connectivity index (χ1n) is 7.33. The van der Waals surface area contributed by atoms with Crippen LogP contribution in [0.15, 0.2) is 18.2 Å². The van der Waals surface area contributed by atoms with Gasteiger partial charge in [0.25, 0.3) is 0 Å². The number of hydrogen-bond donors (Lipinski definition) is 3. The summed E-state index contributed by atoms with van der Waals surface area (Å²) in [5.74, 6) is 0.0624. The fourth-order valence-electron chi connectivity index (χ4n) is 2.14. The molecular weight excluding hydrogens is 322 g/mol. The van der Waals surface area contributed by atoms with Crippen molar-refractivity contribution in [1.29, 1.82) is 0 Å². The van der Waals surface area contributed by atoms with E-state index in [9.17, 15) is 9.59 Å². The molecule has 2 rings (SSSR count). The lowest BCUT2D eigenvalue weighted by Crippen LogP contribution is -2.48. The maximum atomic E-state index is 11.9. The van der Waals surface area contributed by atoms with Crippen LogP contribution in [0.3, 0.4) is 0 Å². The fraction of sp³-hybridized carbons (Fsp3) is 0.467. The number of methoxy groups -OCH3 is 1. The van der Waals surface area contributed by atoms with Crippen molar-refractivity contribution in [3.05, 3.63) is 23.2 Å². The minimum atomic E-state index is -0.500. The predicted octanol–water partition coefficient (Wildman–Crippen LogP) is 0.782. The van der Waals surface area contributed by atoms with Gasteiger partial charge in [-0.05, 0) is 18.2 Å². The third kappa shape index (κ3) is 5.38. The van der Waals surface area contributed by atoms with Crippen molar-refractivity contribution in [2.24, 2.45) is 0 Å². The Bertz CT molecular complexity index is 562. The van der Waals surface area contributed by atoms with E-state index < -0.39 is 6.10 Å². The van der Waals surface area contributed by atoms with E-state index in [0.29, 0.717) is 29.6 Å². The second-order valence-electron chi connectivity index (χ2n) is 5.00. The van der Waals surface area contributed by atoms with Gasteiger partial charge in [-0.15, -0.1) is 0 Å². The monoisotopic (exact) mass is 341 g/mol. The van der Waals surface area contributed by atoms with Gasteiger partial charge in [0.15, 0.2) is 0 Å². The summed E-state index contributed by atoms with van der Waals surface area (Å²) in [5.41, 5.74) is 0.496. The van der Waals surface area contributed by atoms with E-state index in [0.717, 1.165) is 6.54 Å². The zero-order chi connectivity index (χ0) is 16.7. The minimum absolute atomic E-state index is 0.140. The van der Waals surface area contributed by atoms with Crippen molar-refractivity contribution in [2.75, 3.05) is 38.7 Å². The number of carbonyl (C=O) groups excluding carboxylic acids is 2. The van der Waals surface area contributed by atoms with Crippen LogP contribution in [0.4, 0.5) is 5.69 Å². The predicted molar refractivity (Wildman–Crippen MR) is 86.9 cm³/mol. The van der Waals surface area contributed by atoms with E-state index in [2.05, 4.69) is 16.0 Å². The number of morpholine rings is 1. The van der Waals surface area contributed by atoms with Crippen molar-refractivity contribution in [3.63, 3.8) is 0 Å². The van der Waals surface area contributed by atoms with E-state index in [-0.39, 0.29) is 24.8 Å².